The molecule has 0 aliphatic heterocycles. The van der Waals surface area contributed by atoms with E-state index in [9.17, 15) is 4.79 Å². The van der Waals surface area contributed by atoms with E-state index in [1.54, 1.807) is 0 Å². The lowest BCUT2D eigenvalue weighted by molar-refractivity contribution is -0.133. The lowest BCUT2D eigenvalue weighted by atomic mass is 10.1. The van der Waals surface area contributed by atoms with Crippen molar-refractivity contribution in [1.82, 2.24) is 10.6 Å². The van der Waals surface area contributed by atoms with E-state index < -0.39 is 0 Å². The van der Waals surface area contributed by atoms with Crippen LogP contribution in [0.5, 0.6) is 0 Å². The van der Waals surface area contributed by atoms with Crippen LogP contribution in [0.15, 0.2) is 4.52 Å². The summed E-state index contributed by atoms with van der Waals surface area (Å²) < 4.78 is 5.00. The maximum absolute atomic E-state index is 11.2. The smallest absolute Gasteiger partial charge is 0.243 e. The number of nitrogens with one attached hydrogen (secondary N) is 1. The fourth-order valence-electron chi connectivity index (χ4n) is 1.30. The van der Waals surface area contributed by atoms with Gasteiger partial charge in [-0.3, -0.25) is 9.63 Å². The first-order valence-electron chi connectivity index (χ1n) is 4.97. The molecule has 0 saturated carbocycles. The number of aryl methyl sites for hydroxylation is 2. The van der Waals surface area contributed by atoms with E-state index in [-0.39, 0.29) is 5.91 Å². The van der Waals surface area contributed by atoms with Crippen molar-refractivity contribution in [1.29, 1.82) is 0 Å². The topological polar surface area (TPSA) is 64.4 Å². The molecule has 1 rings (SSSR count). The number of hydrogen-bond donors (Lipinski definition) is 1. The van der Waals surface area contributed by atoms with Gasteiger partial charge in [-0.25, -0.2) is 5.48 Å². The van der Waals surface area contributed by atoms with Gasteiger partial charge in [0.2, 0.25) is 5.91 Å². The van der Waals surface area contributed by atoms with Crippen molar-refractivity contribution in [2.24, 2.45) is 0 Å². The molecule has 0 aliphatic carbocycles. The second-order valence-corrected chi connectivity index (χ2v) is 3.26. The normalized spacial score (nSPS) is 10.3. The molecule has 5 nitrogen and oxygen atoms in total. The Morgan fingerprint density at radius 3 is 2.80 bits per heavy atom. The van der Waals surface area contributed by atoms with Gasteiger partial charge in [0.15, 0.2) is 0 Å². The molecule has 0 fully saturated rings. The molecule has 1 N–H and O–H groups in total. The van der Waals surface area contributed by atoms with Crippen molar-refractivity contribution < 1.29 is 14.2 Å². The van der Waals surface area contributed by atoms with E-state index >= 15 is 0 Å². The van der Waals surface area contributed by atoms with Crippen molar-refractivity contribution >= 4 is 5.91 Å². The summed E-state index contributed by atoms with van der Waals surface area (Å²) in [6, 6.07) is 0. The van der Waals surface area contributed by atoms with Gasteiger partial charge in [-0.15, -0.1) is 0 Å². The Hall–Kier alpha value is -1.36. The zero-order valence-corrected chi connectivity index (χ0v) is 9.29. The van der Waals surface area contributed by atoms with Crippen LogP contribution in [0.3, 0.4) is 0 Å². The van der Waals surface area contributed by atoms with Crippen molar-refractivity contribution in [3.8, 4) is 0 Å². The number of carbonyl (C=O) groups is 1. The standard InChI is InChI=1S/C10H16N2O3/c1-4-14-12-10(13)6-5-9-7(2)11-15-8(9)3/h4-6H2,1-3H3,(H,12,13). The van der Waals surface area contributed by atoms with Crippen LogP contribution in [0.25, 0.3) is 0 Å². The molecule has 0 unspecified atom stereocenters. The van der Waals surface area contributed by atoms with E-state index in [4.69, 9.17) is 9.36 Å². The number of amides is 1. The zero-order valence-electron chi connectivity index (χ0n) is 9.29. The molecule has 0 radical (unpaired) electrons. The molecule has 84 valence electrons. The number of carbonyl (C=O) groups excluding carboxylic acids is 1. The molecule has 15 heavy (non-hydrogen) atoms. The molecule has 1 aromatic rings. The summed E-state index contributed by atoms with van der Waals surface area (Å²) in [6.45, 7) is 5.99. The van der Waals surface area contributed by atoms with Gasteiger partial charge < -0.3 is 4.52 Å². The molecule has 0 aromatic carbocycles. The molecular formula is C10H16N2O3. The van der Waals surface area contributed by atoms with Gasteiger partial charge in [0.1, 0.15) is 5.76 Å². The second kappa shape index (κ2) is 5.50. The Balaban J connectivity index is 2.40. The van der Waals surface area contributed by atoms with Gasteiger partial charge in [-0.2, -0.15) is 0 Å². The molecule has 5 heteroatoms. The van der Waals surface area contributed by atoms with Gasteiger partial charge >= 0.3 is 0 Å². The summed E-state index contributed by atoms with van der Waals surface area (Å²) in [4.78, 5) is 16.0. The number of aromatic nitrogens is 1. The molecule has 0 atom stereocenters. The fraction of sp³-hybridized carbons (Fsp3) is 0.600. The van der Waals surface area contributed by atoms with E-state index in [1.807, 2.05) is 20.8 Å². The van der Waals surface area contributed by atoms with Crippen molar-refractivity contribution in [2.75, 3.05) is 6.61 Å². The number of rotatable bonds is 5. The van der Waals surface area contributed by atoms with Crippen LogP contribution < -0.4 is 5.48 Å². The average Bonchev–Trinajstić information content (AvgIpc) is 2.53. The molecule has 0 aliphatic rings. The minimum atomic E-state index is -0.128. The van der Waals surface area contributed by atoms with Crippen LogP contribution in [-0.2, 0) is 16.1 Å². The van der Waals surface area contributed by atoms with Crippen molar-refractivity contribution in [3.05, 3.63) is 17.0 Å². The summed E-state index contributed by atoms with van der Waals surface area (Å²) in [5.41, 5.74) is 4.19. The highest BCUT2D eigenvalue weighted by molar-refractivity contribution is 5.75. The summed E-state index contributed by atoms with van der Waals surface area (Å²) in [7, 11) is 0. The van der Waals surface area contributed by atoms with Gasteiger partial charge in [-0.1, -0.05) is 5.16 Å². The highest BCUT2D eigenvalue weighted by Gasteiger charge is 2.10. The minimum Gasteiger partial charge on any atom is -0.361 e. The lowest BCUT2D eigenvalue weighted by Gasteiger charge is -2.03. The highest BCUT2D eigenvalue weighted by Crippen LogP contribution is 2.13. The quantitative estimate of drug-likeness (QED) is 0.747. The lowest BCUT2D eigenvalue weighted by Crippen LogP contribution is -2.23. The first-order valence-corrected chi connectivity index (χ1v) is 4.97. The number of hydrogen-bond acceptors (Lipinski definition) is 4. The first-order chi connectivity index (χ1) is 7.15. The predicted molar refractivity (Wildman–Crippen MR) is 54.1 cm³/mol. The maximum atomic E-state index is 11.2. The Bertz CT molecular complexity index is 314. The second-order valence-electron chi connectivity index (χ2n) is 3.26. The highest BCUT2D eigenvalue weighted by atomic mass is 16.6. The number of nitrogens with zero attached hydrogens (tertiary/aromatic N) is 1. The third-order valence-corrected chi connectivity index (χ3v) is 2.11. The Morgan fingerprint density at radius 2 is 2.27 bits per heavy atom. The van der Waals surface area contributed by atoms with E-state index in [1.165, 1.54) is 0 Å². The number of hydroxylamine groups is 1. The Labute approximate surface area is 88.7 Å². The largest absolute Gasteiger partial charge is 0.361 e. The van der Waals surface area contributed by atoms with Crippen LogP contribution in [0.4, 0.5) is 0 Å². The molecule has 1 heterocycles. The third-order valence-electron chi connectivity index (χ3n) is 2.11. The summed E-state index contributed by atoms with van der Waals surface area (Å²) in [5.74, 6) is 0.647. The minimum absolute atomic E-state index is 0.128. The average molecular weight is 212 g/mol. The Kier molecular flexibility index (Phi) is 4.30. The van der Waals surface area contributed by atoms with Crippen molar-refractivity contribution in [3.63, 3.8) is 0 Å². The molecular weight excluding hydrogens is 196 g/mol. The van der Waals surface area contributed by atoms with Crippen molar-refractivity contribution in [2.45, 2.75) is 33.6 Å². The van der Waals surface area contributed by atoms with Crippen LogP contribution in [-0.4, -0.2) is 17.7 Å². The van der Waals surface area contributed by atoms with Gasteiger partial charge in [0.25, 0.3) is 0 Å². The first kappa shape index (κ1) is 11.7. The van der Waals surface area contributed by atoms with E-state index in [0.29, 0.717) is 19.4 Å². The monoisotopic (exact) mass is 212 g/mol. The molecule has 1 amide bonds. The van der Waals surface area contributed by atoms with Crippen LogP contribution >= 0.6 is 0 Å². The molecule has 0 saturated heterocycles. The third kappa shape index (κ3) is 3.36. The Morgan fingerprint density at radius 1 is 1.53 bits per heavy atom. The van der Waals surface area contributed by atoms with Crippen LogP contribution in [0, 0.1) is 13.8 Å². The zero-order chi connectivity index (χ0) is 11.3. The summed E-state index contributed by atoms with van der Waals surface area (Å²) in [6.07, 6.45) is 1.00. The summed E-state index contributed by atoms with van der Waals surface area (Å²) >= 11 is 0. The maximum Gasteiger partial charge on any atom is 0.243 e. The fourth-order valence-corrected chi connectivity index (χ4v) is 1.30. The van der Waals surface area contributed by atoms with Crippen LogP contribution in [0.1, 0.15) is 30.4 Å². The van der Waals surface area contributed by atoms with Gasteiger partial charge in [0, 0.05) is 12.0 Å². The van der Waals surface area contributed by atoms with E-state index in [0.717, 1.165) is 17.0 Å². The van der Waals surface area contributed by atoms with Gasteiger partial charge in [-0.05, 0) is 27.2 Å². The molecule has 1 aromatic heterocycles. The molecule has 0 bridgehead atoms. The predicted octanol–water partition coefficient (Wildman–Crippen LogP) is 1.29. The molecule has 0 spiro atoms. The van der Waals surface area contributed by atoms with E-state index in [2.05, 4.69) is 10.6 Å². The van der Waals surface area contributed by atoms with Gasteiger partial charge in [0.05, 0.1) is 12.3 Å². The SMILES string of the molecule is CCONC(=O)CCc1c(C)noc1C. The van der Waals surface area contributed by atoms with Crippen LogP contribution in [0.2, 0.25) is 0 Å². The summed E-state index contributed by atoms with van der Waals surface area (Å²) in [5, 5.41) is 3.82.